The first-order chi connectivity index (χ1) is 16.6. The molecule has 4 rings (SSSR count). The molecular weight excluding hydrogens is 457 g/mol. The second kappa shape index (κ2) is 9.35. The highest BCUT2D eigenvalue weighted by atomic mass is 19.4. The van der Waals surface area contributed by atoms with E-state index >= 15 is 0 Å². The van der Waals surface area contributed by atoms with Gasteiger partial charge in [-0.3, -0.25) is 14.0 Å². The van der Waals surface area contributed by atoms with E-state index in [2.05, 4.69) is 27.5 Å². The van der Waals surface area contributed by atoms with E-state index < -0.39 is 17.6 Å². The van der Waals surface area contributed by atoms with Gasteiger partial charge in [0, 0.05) is 29.9 Å². The highest BCUT2D eigenvalue weighted by Crippen LogP contribution is 2.30. The van der Waals surface area contributed by atoms with Gasteiger partial charge in [0.05, 0.1) is 17.4 Å². The number of carbonyl (C=O) groups excluding carboxylic acids is 2. The molecule has 0 aliphatic rings. The van der Waals surface area contributed by atoms with Crippen LogP contribution in [0.25, 0.3) is 5.65 Å². The second-order valence-corrected chi connectivity index (χ2v) is 7.75. The smallest absolute Gasteiger partial charge is 0.323 e. The minimum atomic E-state index is -4.51. The molecule has 4 aromatic rings. The maximum atomic E-state index is 12.9. The average molecular weight is 476 g/mol. The molecule has 0 fully saturated rings. The van der Waals surface area contributed by atoms with Gasteiger partial charge >= 0.3 is 6.18 Å². The van der Waals surface area contributed by atoms with Crippen LogP contribution in [0.3, 0.4) is 0 Å². The van der Waals surface area contributed by atoms with Crippen LogP contribution in [0.5, 0.6) is 0 Å². The SMILES string of the molecule is CC(=O)Nc1cccn2c(C#Cc3cc(C(=O)Nc4cccc(C(F)(F)F)c4)ccc3C)cnc12. The molecule has 9 heteroatoms. The predicted molar refractivity (Wildman–Crippen MR) is 126 cm³/mol. The van der Waals surface area contributed by atoms with Crippen molar-refractivity contribution in [1.29, 1.82) is 0 Å². The first-order valence-corrected chi connectivity index (χ1v) is 10.5. The third-order valence-electron chi connectivity index (χ3n) is 5.12. The van der Waals surface area contributed by atoms with Gasteiger partial charge < -0.3 is 10.6 Å². The van der Waals surface area contributed by atoms with E-state index in [0.29, 0.717) is 22.6 Å². The number of pyridine rings is 1. The Balaban J connectivity index is 1.60. The van der Waals surface area contributed by atoms with Crippen molar-refractivity contribution in [2.75, 3.05) is 10.6 Å². The minimum absolute atomic E-state index is 0.0405. The van der Waals surface area contributed by atoms with Gasteiger partial charge in [-0.2, -0.15) is 13.2 Å². The first-order valence-electron chi connectivity index (χ1n) is 10.5. The highest BCUT2D eigenvalue weighted by Gasteiger charge is 2.30. The Morgan fingerprint density at radius 2 is 1.80 bits per heavy atom. The van der Waals surface area contributed by atoms with Gasteiger partial charge in [-0.05, 0) is 60.9 Å². The molecule has 0 spiro atoms. The number of alkyl halides is 3. The molecule has 0 aliphatic carbocycles. The predicted octanol–water partition coefficient (Wildman–Crippen LogP) is 5.27. The van der Waals surface area contributed by atoms with Crippen molar-refractivity contribution in [3.8, 4) is 11.8 Å². The molecule has 35 heavy (non-hydrogen) atoms. The third kappa shape index (κ3) is 5.33. The summed E-state index contributed by atoms with van der Waals surface area (Å²) in [7, 11) is 0. The van der Waals surface area contributed by atoms with E-state index in [9.17, 15) is 22.8 Å². The van der Waals surface area contributed by atoms with Gasteiger partial charge in [0.15, 0.2) is 5.65 Å². The van der Waals surface area contributed by atoms with Crippen molar-refractivity contribution in [1.82, 2.24) is 9.38 Å². The number of benzene rings is 2. The van der Waals surface area contributed by atoms with Crippen molar-refractivity contribution in [2.45, 2.75) is 20.0 Å². The fourth-order valence-corrected chi connectivity index (χ4v) is 3.40. The summed E-state index contributed by atoms with van der Waals surface area (Å²) in [6.45, 7) is 3.24. The quantitative estimate of drug-likeness (QED) is 0.396. The van der Waals surface area contributed by atoms with Crippen LogP contribution in [0.15, 0.2) is 67.0 Å². The van der Waals surface area contributed by atoms with Crippen molar-refractivity contribution in [2.24, 2.45) is 0 Å². The van der Waals surface area contributed by atoms with E-state index in [1.165, 1.54) is 19.1 Å². The molecule has 2 N–H and O–H groups in total. The van der Waals surface area contributed by atoms with Crippen LogP contribution in [0.4, 0.5) is 24.5 Å². The molecule has 0 bridgehead atoms. The number of anilines is 2. The Bertz CT molecular complexity index is 1510. The Morgan fingerprint density at radius 1 is 1.00 bits per heavy atom. The summed E-state index contributed by atoms with van der Waals surface area (Å²) in [5, 5.41) is 5.22. The topological polar surface area (TPSA) is 75.5 Å². The molecular formula is C26H19F3N4O2. The number of fused-ring (bicyclic) bond motifs is 1. The maximum Gasteiger partial charge on any atom is 0.416 e. The number of aromatic nitrogens is 2. The number of rotatable bonds is 3. The minimum Gasteiger partial charge on any atom is -0.323 e. The van der Waals surface area contributed by atoms with E-state index in [0.717, 1.165) is 17.7 Å². The zero-order valence-corrected chi connectivity index (χ0v) is 18.7. The number of amides is 2. The fourth-order valence-electron chi connectivity index (χ4n) is 3.40. The summed E-state index contributed by atoms with van der Waals surface area (Å²) in [5.74, 6) is 5.28. The lowest BCUT2D eigenvalue weighted by atomic mass is 10.0. The Kier molecular flexibility index (Phi) is 6.30. The standard InChI is InChI=1S/C26H19F3N4O2/c1-16-8-9-19(25(35)32-21-6-3-5-20(14-21)26(27,28)29)13-18(16)10-11-22-15-30-24-23(31-17(2)34)7-4-12-33(22)24/h3-9,12-15H,1-2H3,(H,31,34)(H,32,35). The van der Waals surface area contributed by atoms with Crippen LogP contribution < -0.4 is 10.6 Å². The summed E-state index contributed by atoms with van der Waals surface area (Å²) in [6.07, 6.45) is -1.16. The number of hydrogen-bond acceptors (Lipinski definition) is 3. The number of imidazole rings is 1. The lowest BCUT2D eigenvalue weighted by Gasteiger charge is -2.10. The number of carbonyl (C=O) groups is 2. The van der Waals surface area contributed by atoms with Crippen LogP contribution in [-0.2, 0) is 11.0 Å². The molecule has 0 aliphatic heterocycles. The van der Waals surface area contributed by atoms with Crippen LogP contribution >= 0.6 is 0 Å². The fraction of sp³-hybridized carbons (Fsp3) is 0.115. The summed E-state index contributed by atoms with van der Waals surface area (Å²) in [6, 6.07) is 12.8. The van der Waals surface area contributed by atoms with Crippen molar-refractivity contribution < 1.29 is 22.8 Å². The molecule has 0 saturated heterocycles. The highest BCUT2D eigenvalue weighted by molar-refractivity contribution is 6.04. The molecule has 0 saturated carbocycles. The zero-order chi connectivity index (χ0) is 25.2. The van der Waals surface area contributed by atoms with Gasteiger partial charge in [-0.1, -0.05) is 18.1 Å². The van der Waals surface area contributed by atoms with E-state index in [-0.39, 0.29) is 17.2 Å². The number of halogens is 3. The molecule has 0 unspecified atom stereocenters. The molecule has 2 aromatic carbocycles. The number of nitrogens with zero attached hydrogens (tertiary/aromatic N) is 2. The van der Waals surface area contributed by atoms with Crippen molar-refractivity contribution >= 4 is 28.8 Å². The molecule has 2 heterocycles. The number of hydrogen-bond donors (Lipinski definition) is 2. The summed E-state index contributed by atoms with van der Waals surface area (Å²) < 4.78 is 40.6. The molecule has 6 nitrogen and oxygen atoms in total. The lowest BCUT2D eigenvalue weighted by Crippen LogP contribution is -2.13. The Labute approximate surface area is 198 Å². The molecule has 176 valence electrons. The third-order valence-corrected chi connectivity index (χ3v) is 5.12. The summed E-state index contributed by atoms with van der Waals surface area (Å²) in [4.78, 5) is 28.4. The second-order valence-electron chi connectivity index (χ2n) is 7.75. The van der Waals surface area contributed by atoms with E-state index in [1.807, 2.05) is 6.92 Å². The van der Waals surface area contributed by atoms with Gasteiger partial charge in [0.25, 0.3) is 5.91 Å². The molecule has 0 radical (unpaired) electrons. The van der Waals surface area contributed by atoms with E-state index in [4.69, 9.17) is 0 Å². The van der Waals surface area contributed by atoms with Crippen LogP contribution in [0.2, 0.25) is 0 Å². The molecule has 2 aromatic heterocycles. The van der Waals surface area contributed by atoms with E-state index in [1.54, 1.807) is 47.1 Å². The van der Waals surface area contributed by atoms with Crippen LogP contribution in [0, 0.1) is 18.8 Å². The lowest BCUT2D eigenvalue weighted by molar-refractivity contribution is -0.137. The molecule has 0 atom stereocenters. The van der Waals surface area contributed by atoms with Gasteiger partial charge in [-0.25, -0.2) is 4.98 Å². The van der Waals surface area contributed by atoms with Crippen LogP contribution in [-0.4, -0.2) is 21.2 Å². The normalized spacial score (nSPS) is 11.0. The number of aryl methyl sites for hydroxylation is 1. The summed E-state index contributed by atoms with van der Waals surface area (Å²) in [5.41, 5.74) is 2.51. The Morgan fingerprint density at radius 3 is 2.54 bits per heavy atom. The number of nitrogens with one attached hydrogen (secondary N) is 2. The van der Waals surface area contributed by atoms with Crippen molar-refractivity contribution in [3.63, 3.8) is 0 Å². The largest absolute Gasteiger partial charge is 0.416 e. The van der Waals surface area contributed by atoms with Crippen LogP contribution in [0.1, 0.15) is 39.7 Å². The van der Waals surface area contributed by atoms with Crippen molar-refractivity contribution in [3.05, 3.63) is 94.9 Å². The monoisotopic (exact) mass is 476 g/mol. The van der Waals surface area contributed by atoms with Gasteiger partial charge in [-0.15, -0.1) is 0 Å². The Hall–Kier alpha value is -4.58. The first kappa shape index (κ1) is 23.6. The van der Waals surface area contributed by atoms with Gasteiger partial charge in [0.1, 0.15) is 5.69 Å². The van der Waals surface area contributed by atoms with Gasteiger partial charge in [0.2, 0.25) is 5.91 Å². The molecule has 2 amide bonds. The zero-order valence-electron chi connectivity index (χ0n) is 18.7. The maximum absolute atomic E-state index is 12.9. The summed E-state index contributed by atoms with van der Waals surface area (Å²) >= 11 is 0. The average Bonchev–Trinajstić information content (AvgIpc) is 3.22.